The maximum Gasteiger partial charge on any atom is 0.416 e. The van der Waals surface area contributed by atoms with Gasteiger partial charge in [0.2, 0.25) is 5.75 Å². The van der Waals surface area contributed by atoms with Gasteiger partial charge in [-0.05, 0) is 38.1 Å². The lowest BCUT2D eigenvalue weighted by molar-refractivity contribution is -0.385. The van der Waals surface area contributed by atoms with Gasteiger partial charge in [-0.25, -0.2) is 0 Å². The molecule has 0 heterocycles. The highest BCUT2D eigenvalue weighted by molar-refractivity contribution is 8.00. The van der Waals surface area contributed by atoms with Crippen molar-refractivity contribution >= 4 is 35.0 Å². The normalized spacial score (nSPS) is 12.2. The van der Waals surface area contributed by atoms with E-state index in [-0.39, 0.29) is 47.1 Å². The zero-order valence-corrected chi connectivity index (χ0v) is 18.6. The molecule has 0 radical (unpaired) electrons. The van der Waals surface area contributed by atoms with Crippen LogP contribution in [0.3, 0.4) is 0 Å². The van der Waals surface area contributed by atoms with Crippen LogP contribution in [0.5, 0.6) is 17.2 Å². The Kier molecular flexibility index (Phi) is 9.02. The quantitative estimate of drug-likeness (QED) is 0.170. The van der Waals surface area contributed by atoms with Crippen molar-refractivity contribution in [3.8, 4) is 17.2 Å². The number of thioether (sulfide) groups is 1. The maximum absolute atomic E-state index is 12.8. The summed E-state index contributed by atoms with van der Waals surface area (Å²) in [6.45, 7) is 3.69. The van der Waals surface area contributed by atoms with E-state index in [4.69, 9.17) is 25.8 Å². The smallest absolute Gasteiger partial charge is 0.416 e. The highest BCUT2D eigenvalue weighted by Gasteiger charge is 2.31. The minimum atomic E-state index is -4.56. The average molecular weight is 494 g/mol. The van der Waals surface area contributed by atoms with Crippen molar-refractivity contribution in [2.45, 2.75) is 25.3 Å². The van der Waals surface area contributed by atoms with Gasteiger partial charge >= 0.3 is 17.8 Å². The van der Waals surface area contributed by atoms with Crippen LogP contribution in [0.4, 0.5) is 18.9 Å². The number of alkyl halides is 3. The van der Waals surface area contributed by atoms with Gasteiger partial charge in [-0.2, -0.15) is 13.2 Å². The standard InChI is InChI=1S/C20H19ClF3NO6S/c1-3-29-19(26)12(2)32-9-8-30-18-11-14(5-6-16(18)25(27)28)31-17-7-4-13(10-15(17)21)20(22,23)24/h4-7,10-12H,3,8-9H2,1-2H3. The summed E-state index contributed by atoms with van der Waals surface area (Å²) < 4.78 is 54.2. The number of nitro groups is 1. The van der Waals surface area contributed by atoms with Gasteiger partial charge < -0.3 is 14.2 Å². The Morgan fingerprint density at radius 1 is 1.22 bits per heavy atom. The molecule has 0 amide bonds. The van der Waals surface area contributed by atoms with Crippen molar-refractivity contribution in [2.75, 3.05) is 19.0 Å². The van der Waals surface area contributed by atoms with E-state index in [1.165, 1.54) is 23.9 Å². The van der Waals surface area contributed by atoms with Crippen molar-refractivity contribution in [3.05, 3.63) is 57.1 Å². The van der Waals surface area contributed by atoms with E-state index < -0.39 is 21.9 Å². The lowest BCUT2D eigenvalue weighted by Gasteiger charge is -2.13. The van der Waals surface area contributed by atoms with Crippen LogP contribution in [0.15, 0.2) is 36.4 Å². The predicted octanol–water partition coefficient (Wildman–Crippen LogP) is 6.12. The highest BCUT2D eigenvalue weighted by atomic mass is 35.5. The van der Waals surface area contributed by atoms with Crippen LogP contribution >= 0.6 is 23.4 Å². The number of nitro benzene ring substituents is 1. The molecule has 1 atom stereocenters. The number of nitrogens with zero attached hydrogens (tertiary/aromatic N) is 1. The van der Waals surface area contributed by atoms with Crippen molar-refractivity contribution in [3.63, 3.8) is 0 Å². The Labute approximate surface area is 190 Å². The number of hydrogen-bond acceptors (Lipinski definition) is 7. The van der Waals surface area contributed by atoms with Gasteiger partial charge in [-0.3, -0.25) is 14.9 Å². The van der Waals surface area contributed by atoms with E-state index in [2.05, 4.69) is 0 Å². The van der Waals surface area contributed by atoms with E-state index >= 15 is 0 Å². The lowest BCUT2D eigenvalue weighted by Crippen LogP contribution is -2.18. The van der Waals surface area contributed by atoms with Crippen molar-refractivity contribution in [2.24, 2.45) is 0 Å². The minimum absolute atomic E-state index is 0.0553. The van der Waals surface area contributed by atoms with Crippen LogP contribution in [-0.4, -0.2) is 35.1 Å². The number of hydrogen-bond donors (Lipinski definition) is 0. The molecule has 7 nitrogen and oxygen atoms in total. The number of halogens is 4. The third kappa shape index (κ3) is 7.20. The monoisotopic (exact) mass is 493 g/mol. The second-order valence-electron chi connectivity index (χ2n) is 6.25. The second kappa shape index (κ2) is 11.3. The molecule has 12 heteroatoms. The SMILES string of the molecule is CCOC(=O)C(C)SCCOc1cc(Oc2ccc(C(F)(F)F)cc2Cl)ccc1[N+](=O)[O-]. The van der Waals surface area contributed by atoms with Gasteiger partial charge in [0.05, 0.1) is 34.0 Å². The van der Waals surface area contributed by atoms with Crippen LogP contribution in [0.1, 0.15) is 19.4 Å². The Hall–Kier alpha value is -2.66. The minimum Gasteiger partial charge on any atom is -0.486 e. The Balaban J connectivity index is 2.09. The van der Waals surface area contributed by atoms with Crippen LogP contribution in [0.25, 0.3) is 0 Å². The molecule has 0 aliphatic rings. The molecule has 0 aromatic heterocycles. The first-order valence-corrected chi connectivity index (χ1v) is 10.7. The maximum atomic E-state index is 12.8. The molecule has 0 N–H and O–H groups in total. The first-order chi connectivity index (χ1) is 15.0. The summed E-state index contributed by atoms with van der Waals surface area (Å²) >= 11 is 7.14. The fraction of sp³-hybridized carbons (Fsp3) is 0.350. The molecule has 2 aromatic carbocycles. The summed E-state index contributed by atoms with van der Waals surface area (Å²) in [5.74, 6) is -0.0854. The topological polar surface area (TPSA) is 87.9 Å². The van der Waals surface area contributed by atoms with E-state index in [1.807, 2.05) is 0 Å². The van der Waals surface area contributed by atoms with Crippen molar-refractivity contribution in [1.82, 2.24) is 0 Å². The molecule has 0 bridgehead atoms. The predicted molar refractivity (Wildman–Crippen MR) is 114 cm³/mol. The number of esters is 1. The molecule has 0 aliphatic carbocycles. The largest absolute Gasteiger partial charge is 0.486 e. The van der Waals surface area contributed by atoms with E-state index in [9.17, 15) is 28.1 Å². The fourth-order valence-corrected chi connectivity index (χ4v) is 3.37. The van der Waals surface area contributed by atoms with Gasteiger partial charge in [-0.15, -0.1) is 11.8 Å². The molecule has 32 heavy (non-hydrogen) atoms. The highest BCUT2D eigenvalue weighted by Crippen LogP contribution is 2.38. The lowest BCUT2D eigenvalue weighted by atomic mass is 10.2. The van der Waals surface area contributed by atoms with Gasteiger partial charge in [-0.1, -0.05) is 11.6 Å². The third-order valence-electron chi connectivity index (χ3n) is 3.94. The van der Waals surface area contributed by atoms with Gasteiger partial charge in [0.15, 0.2) is 0 Å². The van der Waals surface area contributed by atoms with Crippen LogP contribution in [0, 0.1) is 10.1 Å². The second-order valence-corrected chi connectivity index (χ2v) is 8.10. The summed E-state index contributed by atoms with van der Waals surface area (Å²) in [6, 6.07) is 6.26. The molecule has 0 aliphatic heterocycles. The van der Waals surface area contributed by atoms with Gasteiger partial charge in [0.1, 0.15) is 11.5 Å². The van der Waals surface area contributed by atoms with Crippen molar-refractivity contribution < 1.29 is 37.1 Å². The summed E-state index contributed by atoms with van der Waals surface area (Å²) in [5, 5.41) is 10.6. The Morgan fingerprint density at radius 3 is 2.53 bits per heavy atom. The van der Waals surface area contributed by atoms with Crippen LogP contribution in [0.2, 0.25) is 5.02 Å². The summed E-state index contributed by atoms with van der Waals surface area (Å²) in [4.78, 5) is 22.2. The third-order valence-corrected chi connectivity index (χ3v) is 5.33. The molecule has 0 saturated carbocycles. The molecule has 1 unspecified atom stereocenters. The Bertz CT molecular complexity index is 973. The van der Waals surface area contributed by atoms with E-state index in [1.54, 1.807) is 13.8 Å². The zero-order valence-electron chi connectivity index (χ0n) is 17.0. The molecule has 0 saturated heterocycles. The molecule has 0 spiro atoms. The average Bonchev–Trinajstić information content (AvgIpc) is 2.71. The number of benzene rings is 2. The molecule has 174 valence electrons. The fourth-order valence-electron chi connectivity index (χ4n) is 2.42. The molecule has 2 rings (SSSR count). The summed E-state index contributed by atoms with van der Waals surface area (Å²) in [6.07, 6.45) is -4.56. The first-order valence-electron chi connectivity index (χ1n) is 9.27. The molecule has 2 aromatic rings. The summed E-state index contributed by atoms with van der Waals surface area (Å²) in [5.41, 5.74) is -1.25. The van der Waals surface area contributed by atoms with E-state index in [0.29, 0.717) is 5.75 Å². The first kappa shape index (κ1) is 25.6. The molecular formula is C20H19ClF3NO6S. The zero-order chi connectivity index (χ0) is 23.9. The van der Waals surface area contributed by atoms with Crippen molar-refractivity contribution in [1.29, 1.82) is 0 Å². The van der Waals surface area contributed by atoms with Crippen LogP contribution in [-0.2, 0) is 15.7 Å². The number of ether oxygens (including phenoxy) is 3. The molecular weight excluding hydrogens is 475 g/mol. The number of carbonyl (C=O) groups is 1. The summed E-state index contributed by atoms with van der Waals surface area (Å²) in [7, 11) is 0. The molecule has 0 fully saturated rings. The van der Waals surface area contributed by atoms with Gasteiger partial charge in [0, 0.05) is 17.9 Å². The van der Waals surface area contributed by atoms with E-state index in [0.717, 1.165) is 24.3 Å². The Morgan fingerprint density at radius 2 is 1.94 bits per heavy atom. The van der Waals surface area contributed by atoms with Gasteiger partial charge in [0.25, 0.3) is 0 Å². The number of rotatable bonds is 10. The number of carbonyl (C=O) groups excluding carboxylic acids is 1. The van der Waals surface area contributed by atoms with Crippen LogP contribution < -0.4 is 9.47 Å².